The van der Waals surface area contributed by atoms with E-state index >= 15 is 0 Å². The minimum absolute atomic E-state index is 0. The van der Waals surface area contributed by atoms with Crippen LogP contribution in [0.3, 0.4) is 0 Å². The zero-order chi connectivity index (χ0) is 26.2. The van der Waals surface area contributed by atoms with Gasteiger partial charge in [0, 0.05) is 48.4 Å². The largest absolute Gasteiger partial charge is 0.460 e. The van der Waals surface area contributed by atoms with Crippen molar-refractivity contribution in [1.82, 2.24) is 9.97 Å². The topological polar surface area (TPSA) is 113 Å². The highest BCUT2D eigenvalue weighted by Crippen LogP contribution is 2.11. The highest BCUT2D eigenvalue weighted by atomic mass is 16.6. The van der Waals surface area contributed by atoms with Crippen LogP contribution in [0.5, 0.6) is 0 Å². The van der Waals surface area contributed by atoms with E-state index in [2.05, 4.69) is 16.5 Å². The van der Waals surface area contributed by atoms with Crippen LogP contribution in [0, 0.1) is 0 Å². The number of Topliss-reactive ketones (excluding diaryl/α,β-unsaturated/α-hetero) is 1. The Morgan fingerprint density at radius 3 is 1.77 bits per heavy atom. The van der Waals surface area contributed by atoms with Gasteiger partial charge in [0.1, 0.15) is 11.2 Å². The van der Waals surface area contributed by atoms with Gasteiger partial charge in [0.25, 0.3) is 0 Å². The van der Waals surface area contributed by atoms with E-state index in [1.165, 1.54) is 12.4 Å². The number of carbonyl (C=O) groups excluding carboxylic acids is 4. The first-order valence-corrected chi connectivity index (χ1v) is 10.6. The number of rotatable bonds is 6. The Kier molecular flexibility index (Phi) is 16.1. The first kappa shape index (κ1) is 33.5. The van der Waals surface area contributed by atoms with Crippen molar-refractivity contribution in [3.63, 3.8) is 0 Å². The number of nitrogens with zero attached hydrogens (tertiary/aromatic N) is 2. The summed E-state index contributed by atoms with van der Waals surface area (Å²) in [5.74, 6) is -0.818. The number of ether oxygens (including phenoxy) is 2. The van der Waals surface area contributed by atoms with Crippen molar-refractivity contribution >= 4 is 24.0 Å². The van der Waals surface area contributed by atoms with E-state index in [1.54, 1.807) is 57.4 Å². The SMILES string of the molecule is C.C=CC(=O)OC(C)(C)C.CC(C)(C)OC(=O)CCC(=O)c1cccnc1.O=Cc1cccnc1. The van der Waals surface area contributed by atoms with Crippen LogP contribution in [-0.4, -0.2) is 45.2 Å². The molecule has 2 rings (SSSR count). The fourth-order valence-corrected chi connectivity index (χ4v) is 2.07. The molecule has 0 saturated heterocycles. The standard InChI is InChI=1S/C13H17NO3.C7H12O2.C6H5NO.CH4/c1-13(2,3)17-12(16)7-6-11(15)10-5-4-8-14-9-10;1-5-6(8)9-7(2,3)4;8-5-6-2-1-3-7-4-6;/h4-5,8-9H,6-7H2,1-3H3;5H,1H2,2-4H3;1-5H;1H4. The maximum Gasteiger partial charge on any atom is 0.330 e. The van der Waals surface area contributed by atoms with Gasteiger partial charge in [0.15, 0.2) is 12.1 Å². The molecule has 0 saturated carbocycles. The number of ketones is 1. The van der Waals surface area contributed by atoms with E-state index in [9.17, 15) is 19.2 Å². The van der Waals surface area contributed by atoms with Gasteiger partial charge in [-0.25, -0.2) is 4.79 Å². The molecule has 8 heteroatoms. The predicted octanol–water partition coefficient (Wildman–Crippen LogP) is 5.43. The summed E-state index contributed by atoms with van der Waals surface area (Å²) in [5, 5.41) is 0. The Bertz CT molecular complexity index is 914. The first-order valence-electron chi connectivity index (χ1n) is 10.6. The molecule has 0 N–H and O–H groups in total. The van der Waals surface area contributed by atoms with E-state index in [4.69, 9.17) is 9.47 Å². The molecule has 0 aliphatic carbocycles. The summed E-state index contributed by atoms with van der Waals surface area (Å²) in [7, 11) is 0. The lowest BCUT2D eigenvalue weighted by Crippen LogP contribution is -2.24. The fourth-order valence-electron chi connectivity index (χ4n) is 2.07. The van der Waals surface area contributed by atoms with E-state index in [-0.39, 0.29) is 38.0 Å². The van der Waals surface area contributed by atoms with Gasteiger partial charge in [-0.05, 0) is 65.8 Å². The molecule has 0 aliphatic rings. The Hall–Kier alpha value is -3.68. The van der Waals surface area contributed by atoms with E-state index in [1.807, 2.05) is 20.8 Å². The molecule has 2 aromatic heterocycles. The van der Waals surface area contributed by atoms with Gasteiger partial charge in [0.2, 0.25) is 0 Å². The third kappa shape index (κ3) is 19.5. The molecule has 192 valence electrons. The molecule has 0 radical (unpaired) electrons. The van der Waals surface area contributed by atoms with Crippen molar-refractivity contribution in [1.29, 1.82) is 0 Å². The maximum absolute atomic E-state index is 11.7. The molecule has 0 unspecified atom stereocenters. The van der Waals surface area contributed by atoms with Crippen molar-refractivity contribution in [2.24, 2.45) is 0 Å². The molecule has 0 aromatic carbocycles. The predicted molar refractivity (Wildman–Crippen MR) is 136 cm³/mol. The molecule has 2 heterocycles. The van der Waals surface area contributed by atoms with Crippen LogP contribution in [0.1, 0.15) is 82.5 Å². The molecular formula is C27H38N2O6. The maximum atomic E-state index is 11.7. The lowest BCUT2D eigenvalue weighted by atomic mass is 10.1. The molecular weight excluding hydrogens is 448 g/mol. The van der Waals surface area contributed by atoms with Crippen molar-refractivity contribution in [2.45, 2.75) is 73.0 Å². The minimum Gasteiger partial charge on any atom is -0.460 e. The Labute approximate surface area is 208 Å². The normalized spacial score (nSPS) is 10.0. The summed E-state index contributed by atoms with van der Waals surface area (Å²) < 4.78 is 9.95. The molecule has 0 spiro atoms. The summed E-state index contributed by atoms with van der Waals surface area (Å²) in [4.78, 5) is 51.1. The molecule has 2 aromatic rings. The molecule has 8 nitrogen and oxygen atoms in total. The van der Waals surface area contributed by atoms with Crippen LogP contribution in [0.4, 0.5) is 0 Å². The third-order valence-electron chi connectivity index (χ3n) is 3.35. The number of carbonyl (C=O) groups is 4. The average molecular weight is 487 g/mol. The van der Waals surface area contributed by atoms with Crippen molar-refractivity contribution < 1.29 is 28.7 Å². The molecule has 0 bridgehead atoms. The Balaban J connectivity index is 0. The number of pyridine rings is 2. The van der Waals surface area contributed by atoms with E-state index in [0.717, 1.165) is 12.4 Å². The second kappa shape index (κ2) is 16.9. The summed E-state index contributed by atoms with van der Waals surface area (Å²) >= 11 is 0. The first-order chi connectivity index (χ1) is 15.8. The Morgan fingerprint density at radius 1 is 0.886 bits per heavy atom. The molecule has 0 fully saturated rings. The van der Waals surface area contributed by atoms with E-state index < -0.39 is 11.2 Å². The van der Waals surface area contributed by atoms with Crippen LogP contribution in [0.25, 0.3) is 0 Å². The van der Waals surface area contributed by atoms with Crippen molar-refractivity contribution in [3.05, 3.63) is 72.8 Å². The number of hydrogen-bond acceptors (Lipinski definition) is 8. The number of aromatic nitrogens is 2. The highest BCUT2D eigenvalue weighted by molar-refractivity contribution is 5.97. The van der Waals surface area contributed by atoms with Gasteiger partial charge in [0.05, 0.1) is 6.42 Å². The summed E-state index contributed by atoms with van der Waals surface area (Å²) in [6.45, 7) is 14.1. The quantitative estimate of drug-likeness (QED) is 0.230. The second-order valence-electron chi connectivity index (χ2n) is 8.89. The zero-order valence-corrected chi connectivity index (χ0v) is 20.7. The highest BCUT2D eigenvalue weighted by Gasteiger charge is 2.17. The summed E-state index contributed by atoms with van der Waals surface area (Å²) in [6, 6.07) is 6.81. The third-order valence-corrected chi connectivity index (χ3v) is 3.35. The van der Waals surface area contributed by atoms with Crippen LogP contribution in [0.15, 0.2) is 61.7 Å². The zero-order valence-electron chi connectivity index (χ0n) is 20.7. The monoisotopic (exact) mass is 486 g/mol. The van der Waals surface area contributed by atoms with Crippen LogP contribution >= 0.6 is 0 Å². The van der Waals surface area contributed by atoms with Gasteiger partial charge in [-0.1, -0.05) is 14.0 Å². The van der Waals surface area contributed by atoms with E-state index in [0.29, 0.717) is 11.1 Å². The van der Waals surface area contributed by atoms with Gasteiger partial charge in [-0.15, -0.1) is 0 Å². The molecule has 35 heavy (non-hydrogen) atoms. The summed E-state index contributed by atoms with van der Waals surface area (Å²) in [6.07, 6.45) is 8.44. The van der Waals surface area contributed by atoms with Gasteiger partial charge in [-0.3, -0.25) is 24.4 Å². The lowest BCUT2D eigenvalue weighted by Gasteiger charge is -2.19. The Morgan fingerprint density at radius 2 is 1.43 bits per heavy atom. The number of aldehydes is 1. The minimum atomic E-state index is -0.506. The van der Waals surface area contributed by atoms with Gasteiger partial charge < -0.3 is 9.47 Å². The van der Waals surface area contributed by atoms with Gasteiger partial charge >= 0.3 is 11.9 Å². The van der Waals surface area contributed by atoms with Crippen molar-refractivity contribution in [3.8, 4) is 0 Å². The summed E-state index contributed by atoms with van der Waals surface area (Å²) in [5.41, 5.74) is 0.239. The van der Waals surface area contributed by atoms with Gasteiger partial charge in [-0.2, -0.15) is 0 Å². The lowest BCUT2D eigenvalue weighted by molar-refractivity contribution is -0.154. The molecule has 0 atom stereocenters. The van der Waals surface area contributed by atoms with Crippen molar-refractivity contribution in [2.75, 3.05) is 0 Å². The molecule has 0 aliphatic heterocycles. The number of hydrogen-bond donors (Lipinski definition) is 0. The average Bonchev–Trinajstić information content (AvgIpc) is 2.77. The van der Waals surface area contributed by atoms with Crippen LogP contribution < -0.4 is 0 Å². The smallest absolute Gasteiger partial charge is 0.330 e. The number of esters is 2. The van der Waals surface area contributed by atoms with Crippen LogP contribution in [-0.2, 0) is 19.1 Å². The molecule has 0 amide bonds. The second-order valence-corrected chi connectivity index (χ2v) is 8.89. The fraction of sp³-hybridized carbons (Fsp3) is 0.407. The van der Waals surface area contributed by atoms with Crippen LogP contribution in [0.2, 0.25) is 0 Å².